The number of hydrogen-bond donors (Lipinski definition) is 2. The molecule has 2 heterocycles. The Labute approximate surface area is 123 Å². The fourth-order valence-electron chi connectivity index (χ4n) is 2.44. The minimum atomic E-state index is -0.796. The first-order chi connectivity index (χ1) is 9.83. The third-order valence-corrected chi connectivity index (χ3v) is 4.14. The molecule has 0 saturated carbocycles. The zero-order valence-corrected chi connectivity index (χ0v) is 12.5. The molecule has 116 valence electrons. The smallest absolute Gasteiger partial charge is 0.317 e. The van der Waals surface area contributed by atoms with Gasteiger partial charge < -0.3 is 19.9 Å². The van der Waals surface area contributed by atoms with E-state index in [2.05, 4.69) is 15.5 Å². The molecule has 1 aliphatic rings. The average molecular weight is 295 g/mol. The van der Waals surface area contributed by atoms with Gasteiger partial charge in [0.25, 0.3) is 0 Å². The van der Waals surface area contributed by atoms with Crippen molar-refractivity contribution in [2.45, 2.75) is 32.7 Å². The Morgan fingerprint density at radius 1 is 1.43 bits per heavy atom. The Hall–Kier alpha value is -2.12. The second-order valence-corrected chi connectivity index (χ2v) is 5.82. The molecule has 2 amide bonds. The quantitative estimate of drug-likeness (QED) is 0.858. The van der Waals surface area contributed by atoms with Crippen LogP contribution >= 0.6 is 0 Å². The van der Waals surface area contributed by atoms with E-state index < -0.39 is 11.4 Å². The van der Waals surface area contributed by atoms with Crippen molar-refractivity contribution in [3.05, 3.63) is 12.2 Å². The lowest BCUT2D eigenvalue weighted by Crippen LogP contribution is -2.49. The molecule has 21 heavy (non-hydrogen) atoms. The van der Waals surface area contributed by atoms with Gasteiger partial charge in [-0.25, -0.2) is 4.79 Å². The summed E-state index contributed by atoms with van der Waals surface area (Å²) in [5.41, 5.74) is -0.730. The summed E-state index contributed by atoms with van der Waals surface area (Å²) in [6.07, 6.45) is 2.51. The van der Waals surface area contributed by atoms with Gasteiger partial charge in [-0.1, -0.05) is 0 Å². The van der Waals surface area contributed by atoms with Gasteiger partial charge in [0.15, 0.2) is 5.82 Å². The summed E-state index contributed by atoms with van der Waals surface area (Å²) in [5, 5.41) is 19.8. The highest BCUT2D eigenvalue weighted by Crippen LogP contribution is 2.31. The number of carbonyl (C=O) groups is 2. The van der Waals surface area contributed by atoms with Crippen molar-refractivity contribution in [2.24, 2.45) is 12.5 Å². The molecular formula is C13H21N5O3. The number of likely N-dealkylation sites (tertiary alicyclic amines) is 1. The number of carboxylic acid groups (broad SMARTS) is 1. The topological polar surface area (TPSA) is 100 Å². The van der Waals surface area contributed by atoms with Gasteiger partial charge in [0.05, 0.1) is 11.5 Å². The molecule has 8 heteroatoms. The molecule has 1 atom stereocenters. The summed E-state index contributed by atoms with van der Waals surface area (Å²) >= 11 is 0. The highest BCUT2D eigenvalue weighted by atomic mass is 16.4. The molecule has 0 aliphatic carbocycles. The number of urea groups is 1. The summed E-state index contributed by atoms with van der Waals surface area (Å²) in [7, 11) is 1.82. The second kappa shape index (κ2) is 5.71. The number of amides is 2. The van der Waals surface area contributed by atoms with E-state index >= 15 is 0 Å². The van der Waals surface area contributed by atoms with Crippen LogP contribution in [0.1, 0.15) is 38.6 Å². The van der Waals surface area contributed by atoms with Crippen molar-refractivity contribution in [2.75, 3.05) is 13.1 Å². The monoisotopic (exact) mass is 295 g/mol. The summed E-state index contributed by atoms with van der Waals surface area (Å²) in [4.78, 5) is 25.0. The van der Waals surface area contributed by atoms with Gasteiger partial charge in [0, 0.05) is 20.1 Å². The van der Waals surface area contributed by atoms with E-state index in [4.69, 9.17) is 0 Å². The zero-order chi connectivity index (χ0) is 15.6. The van der Waals surface area contributed by atoms with E-state index in [1.807, 2.05) is 14.0 Å². The molecule has 0 spiro atoms. The maximum Gasteiger partial charge on any atom is 0.317 e. The fraction of sp³-hybridized carbons (Fsp3) is 0.692. The third kappa shape index (κ3) is 3.14. The molecule has 1 unspecified atom stereocenters. The minimum Gasteiger partial charge on any atom is -0.481 e. The molecule has 1 aromatic rings. The Bertz CT molecular complexity index is 534. The van der Waals surface area contributed by atoms with Crippen LogP contribution in [0.5, 0.6) is 0 Å². The third-order valence-electron chi connectivity index (χ3n) is 4.14. The van der Waals surface area contributed by atoms with Gasteiger partial charge in [-0.05, 0) is 26.7 Å². The van der Waals surface area contributed by atoms with Crippen LogP contribution in [-0.4, -0.2) is 49.9 Å². The fourth-order valence-corrected chi connectivity index (χ4v) is 2.44. The second-order valence-electron chi connectivity index (χ2n) is 5.82. The van der Waals surface area contributed by atoms with Crippen molar-refractivity contribution in [1.82, 2.24) is 25.0 Å². The van der Waals surface area contributed by atoms with E-state index in [0.29, 0.717) is 31.8 Å². The van der Waals surface area contributed by atoms with Crippen molar-refractivity contribution >= 4 is 12.0 Å². The van der Waals surface area contributed by atoms with Crippen LogP contribution in [-0.2, 0) is 11.8 Å². The van der Waals surface area contributed by atoms with Crippen LogP contribution in [0.2, 0.25) is 0 Å². The lowest BCUT2D eigenvalue weighted by Gasteiger charge is -2.36. The van der Waals surface area contributed by atoms with E-state index in [0.717, 1.165) is 0 Å². The minimum absolute atomic E-state index is 0.196. The largest absolute Gasteiger partial charge is 0.481 e. The molecule has 1 saturated heterocycles. The number of aryl methyl sites for hydroxylation is 1. The number of carboxylic acids is 1. The number of nitrogens with one attached hydrogen (secondary N) is 1. The van der Waals surface area contributed by atoms with Crippen LogP contribution in [0.4, 0.5) is 4.79 Å². The number of aliphatic carboxylic acids is 1. The maximum atomic E-state index is 12.2. The molecule has 1 aromatic heterocycles. The predicted octanol–water partition coefficient (Wildman–Crippen LogP) is 0.772. The Balaban J connectivity index is 1.91. The molecule has 8 nitrogen and oxygen atoms in total. The summed E-state index contributed by atoms with van der Waals surface area (Å²) in [6, 6.07) is -0.448. The SMILES string of the molecule is CC(NC(=O)N1CCC(C)(C(=O)O)CC1)c1nncn1C. The number of aromatic nitrogens is 3. The Morgan fingerprint density at radius 3 is 2.52 bits per heavy atom. The number of carbonyl (C=O) groups excluding carboxylic acids is 1. The number of piperidine rings is 1. The van der Waals surface area contributed by atoms with E-state index in [9.17, 15) is 14.7 Å². The van der Waals surface area contributed by atoms with Gasteiger partial charge in [-0.15, -0.1) is 10.2 Å². The summed E-state index contributed by atoms with van der Waals surface area (Å²) in [6.45, 7) is 4.46. The first-order valence-electron chi connectivity index (χ1n) is 6.96. The van der Waals surface area contributed by atoms with Crippen LogP contribution in [0, 0.1) is 5.41 Å². The highest BCUT2D eigenvalue weighted by molar-refractivity contribution is 5.77. The molecule has 2 N–H and O–H groups in total. The average Bonchev–Trinajstić information content (AvgIpc) is 2.85. The molecule has 0 radical (unpaired) electrons. The van der Waals surface area contributed by atoms with Crippen LogP contribution < -0.4 is 5.32 Å². The van der Waals surface area contributed by atoms with E-state index in [-0.39, 0.29) is 12.1 Å². The lowest BCUT2D eigenvalue weighted by molar-refractivity contribution is -0.150. The lowest BCUT2D eigenvalue weighted by atomic mass is 9.80. The first kappa shape index (κ1) is 15.3. The first-order valence-corrected chi connectivity index (χ1v) is 6.96. The van der Waals surface area contributed by atoms with Crippen LogP contribution in [0.25, 0.3) is 0 Å². The van der Waals surface area contributed by atoms with Crippen molar-refractivity contribution in [1.29, 1.82) is 0 Å². The Kier molecular flexibility index (Phi) is 4.15. The van der Waals surface area contributed by atoms with Gasteiger partial charge >= 0.3 is 12.0 Å². The molecule has 1 aliphatic heterocycles. The number of hydrogen-bond acceptors (Lipinski definition) is 4. The maximum absolute atomic E-state index is 12.2. The highest BCUT2D eigenvalue weighted by Gasteiger charge is 2.38. The zero-order valence-electron chi connectivity index (χ0n) is 12.5. The molecule has 1 fully saturated rings. The van der Waals surface area contributed by atoms with Gasteiger partial charge in [0.2, 0.25) is 0 Å². The summed E-state index contributed by atoms with van der Waals surface area (Å²) < 4.78 is 1.75. The van der Waals surface area contributed by atoms with Gasteiger partial charge in [-0.2, -0.15) is 0 Å². The predicted molar refractivity (Wildman–Crippen MR) is 74.5 cm³/mol. The molecule has 0 bridgehead atoms. The van der Waals surface area contributed by atoms with Crippen LogP contribution in [0.15, 0.2) is 6.33 Å². The van der Waals surface area contributed by atoms with Gasteiger partial charge in [-0.3, -0.25) is 4.79 Å². The van der Waals surface area contributed by atoms with E-state index in [1.54, 1.807) is 22.7 Å². The Morgan fingerprint density at radius 2 is 2.05 bits per heavy atom. The standard InChI is InChI=1S/C13H21N5O3/c1-9(10-16-14-8-17(10)3)15-12(21)18-6-4-13(2,5-7-18)11(19)20/h8-9H,4-7H2,1-3H3,(H,15,21)(H,19,20). The molecule has 0 aromatic carbocycles. The normalized spacial score (nSPS) is 19.1. The molecule has 2 rings (SSSR count). The van der Waals surface area contributed by atoms with Crippen molar-refractivity contribution < 1.29 is 14.7 Å². The number of rotatable bonds is 3. The summed E-state index contributed by atoms with van der Waals surface area (Å²) in [5.74, 6) is -0.120. The number of nitrogens with zero attached hydrogens (tertiary/aromatic N) is 4. The van der Waals surface area contributed by atoms with Crippen molar-refractivity contribution in [3.8, 4) is 0 Å². The van der Waals surface area contributed by atoms with Crippen LogP contribution in [0.3, 0.4) is 0 Å². The van der Waals surface area contributed by atoms with E-state index in [1.165, 1.54) is 0 Å². The van der Waals surface area contributed by atoms with Gasteiger partial charge in [0.1, 0.15) is 6.33 Å². The molecular weight excluding hydrogens is 274 g/mol. The van der Waals surface area contributed by atoms with Crippen molar-refractivity contribution in [3.63, 3.8) is 0 Å².